The Balaban J connectivity index is 0.00000168. The van der Waals surface area contributed by atoms with Gasteiger partial charge in [0.2, 0.25) is 0 Å². The number of hydrogen-bond donors (Lipinski definition) is 0. The average Bonchev–Trinajstić information content (AvgIpc) is 3.11. The van der Waals surface area contributed by atoms with Gasteiger partial charge in [0.1, 0.15) is 6.33 Å². The summed E-state index contributed by atoms with van der Waals surface area (Å²) in [6.07, 6.45) is 17.6. The van der Waals surface area contributed by atoms with Crippen molar-refractivity contribution in [2.24, 2.45) is 0 Å². The molecule has 0 aliphatic heterocycles. The second-order valence-electron chi connectivity index (χ2n) is 6.48. The Kier molecular flexibility index (Phi) is 3.30. The molecule has 0 bridgehead atoms. The molecule has 3 heteroatoms. The maximum Gasteiger partial charge on any atom is 0.116 e. The standard InChI is InChI=1S/C22H17N3.H2/c1-2-4-15(5-3-1)17-11-20-19(7-9-22(20)24-13-17)16-6-8-21-18(10-16)12-23-14-25-21;/h2,4-8,10-14H,1,3,9H2;1H. The molecule has 2 heterocycles. The smallest absolute Gasteiger partial charge is 0.116 e. The van der Waals surface area contributed by atoms with Gasteiger partial charge in [0, 0.05) is 36.8 Å². The van der Waals surface area contributed by atoms with Crippen LogP contribution in [-0.2, 0) is 6.42 Å². The number of aromatic nitrogens is 3. The van der Waals surface area contributed by atoms with Gasteiger partial charge in [-0.25, -0.2) is 9.97 Å². The highest BCUT2D eigenvalue weighted by molar-refractivity contribution is 5.90. The predicted octanol–water partition coefficient (Wildman–Crippen LogP) is 4.99. The van der Waals surface area contributed by atoms with Gasteiger partial charge in [0.15, 0.2) is 0 Å². The molecule has 2 aliphatic rings. The predicted molar refractivity (Wildman–Crippen MR) is 103 cm³/mol. The molecule has 122 valence electrons. The molecule has 1 aromatic carbocycles. The van der Waals surface area contributed by atoms with E-state index in [0.29, 0.717) is 0 Å². The summed E-state index contributed by atoms with van der Waals surface area (Å²) >= 11 is 0. The summed E-state index contributed by atoms with van der Waals surface area (Å²) < 4.78 is 0. The van der Waals surface area contributed by atoms with Crippen LogP contribution in [0.5, 0.6) is 0 Å². The van der Waals surface area contributed by atoms with Gasteiger partial charge in [-0.15, -0.1) is 0 Å². The molecule has 0 unspecified atom stereocenters. The zero-order chi connectivity index (χ0) is 16.6. The van der Waals surface area contributed by atoms with Gasteiger partial charge < -0.3 is 0 Å². The van der Waals surface area contributed by atoms with Crippen LogP contribution in [0, 0.1) is 0 Å². The van der Waals surface area contributed by atoms with Crippen molar-refractivity contribution in [2.45, 2.75) is 19.3 Å². The minimum atomic E-state index is 0. The van der Waals surface area contributed by atoms with Crippen molar-refractivity contribution in [3.63, 3.8) is 0 Å². The maximum atomic E-state index is 4.72. The van der Waals surface area contributed by atoms with Gasteiger partial charge in [-0.05, 0) is 47.8 Å². The molecule has 0 radical (unpaired) electrons. The van der Waals surface area contributed by atoms with E-state index in [9.17, 15) is 0 Å². The van der Waals surface area contributed by atoms with Crippen LogP contribution in [-0.4, -0.2) is 15.0 Å². The average molecular weight is 325 g/mol. The van der Waals surface area contributed by atoms with Crippen molar-refractivity contribution < 1.29 is 1.43 Å². The number of pyridine rings is 1. The van der Waals surface area contributed by atoms with E-state index in [4.69, 9.17) is 4.98 Å². The van der Waals surface area contributed by atoms with E-state index in [1.807, 2.05) is 12.4 Å². The summed E-state index contributed by atoms with van der Waals surface area (Å²) in [4.78, 5) is 13.2. The van der Waals surface area contributed by atoms with Crippen LogP contribution in [0.1, 0.15) is 36.7 Å². The lowest BCUT2D eigenvalue weighted by Gasteiger charge is -2.11. The summed E-state index contributed by atoms with van der Waals surface area (Å²) in [5.74, 6) is 0. The van der Waals surface area contributed by atoms with Crippen molar-refractivity contribution >= 4 is 22.0 Å². The van der Waals surface area contributed by atoms with E-state index >= 15 is 0 Å². The Morgan fingerprint density at radius 3 is 2.84 bits per heavy atom. The van der Waals surface area contributed by atoms with Gasteiger partial charge in [-0.1, -0.05) is 30.4 Å². The second-order valence-corrected chi connectivity index (χ2v) is 6.48. The third-order valence-electron chi connectivity index (χ3n) is 4.90. The largest absolute Gasteiger partial charge is 0.260 e. The number of fused-ring (bicyclic) bond motifs is 2. The molecule has 0 saturated heterocycles. The van der Waals surface area contributed by atoms with Crippen LogP contribution in [0.15, 0.2) is 67.3 Å². The molecular formula is C22H19N3. The molecule has 0 atom stereocenters. The molecule has 0 fully saturated rings. The van der Waals surface area contributed by atoms with E-state index in [1.54, 1.807) is 6.33 Å². The first-order valence-corrected chi connectivity index (χ1v) is 8.65. The minimum Gasteiger partial charge on any atom is -0.260 e. The zero-order valence-electron chi connectivity index (χ0n) is 13.8. The van der Waals surface area contributed by atoms with E-state index in [0.717, 1.165) is 35.9 Å². The van der Waals surface area contributed by atoms with Crippen LogP contribution < -0.4 is 0 Å². The van der Waals surface area contributed by atoms with Gasteiger partial charge in [-0.3, -0.25) is 4.98 Å². The molecular weight excluding hydrogens is 306 g/mol. The molecule has 2 aliphatic carbocycles. The van der Waals surface area contributed by atoms with Crippen LogP contribution in [0.2, 0.25) is 0 Å². The van der Waals surface area contributed by atoms with Crippen LogP contribution in [0.4, 0.5) is 0 Å². The first kappa shape index (κ1) is 14.3. The summed E-state index contributed by atoms with van der Waals surface area (Å²) in [6, 6.07) is 8.66. The SMILES string of the molecule is C1=CC(c2cnc3c(c2)C(c2ccc4ncncc4c2)=CC3)=CCC1.[HH]. The quantitative estimate of drug-likeness (QED) is 0.666. The third-order valence-corrected chi connectivity index (χ3v) is 4.90. The Morgan fingerprint density at radius 2 is 1.92 bits per heavy atom. The minimum absolute atomic E-state index is 0. The fourth-order valence-corrected chi connectivity index (χ4v) is 3.61. The molecule has 0 N–H and O–H groups in total. The van der Waals surface area contributed by atoms with Crippen molar-refractivity contribution in [2.75, 3.05) is 0 Å². The molecule has 3 aromatic rings. The highest BCUT2D eigenvalue weighted by Gasteiger charge is 2.18. The van der Waals surface area contributed by atoms with Crippen LogP contribution >= 0.6 is 0 Å². The van der Waals surface area contributed by atoms with E-state index in [2.05, 4.69) is 58.5 Å². The Morgan fingerprint density at radius 1 is 0.920 bits per heavy atom. The number of hydrogen-bond acceptors (Lipinski definition) is 3. The number of benzene rings is 1. The van der Waals surface area contributed by atoms with E-state index < -0.39 is 0 Å². The summed E-state index contributed by atoms with van der Waals surface area (Å²) in [6.45, 7) is 0. The zero-order valence-corrected chi connectivity index (χ0v) is 13.8. The summed E-state index contributed by atoms with van der Waals surface area (Å²) in [5, 5.41) is 1.07. The van der Waals surface area contributed by atoms with E-state index in [-0.39, 0.29) is 1.43 Å². The highest BCUT2D eigenvalue weighted by atomic mass is 14.8. The molecule has 0 saturated carbocycles. The Hall–Kier alpha value is -3.07. The molecule has 0 spiro atoms. The van der Waals surface area contributed by atoms with Crippen molar-refractivity contribution in [1.29, 1.82) is 0 Å². The highest BCUT2D eigenvalue weighted by Crippen LogP contribution is 2.35. The van der Waals surface area contributed by atoms with Crippen LogP contribution in [0.25, 0.3) is 22.0 Å². The third kappa shape index (κ3) is 2.49. The molecule has 0 amide bonds. The van der Waals surface area contributed by atoms with Crippen molar-refractivity contribution in [3.8, 4) is 0 Å². The lowest BCUT2D eigenvalue weighted by molar-refractivity contribution is 1.04. The summed E-state index contributed by atoms with van der Waals surface area (Å²) in [5.41, 5.74) is 8.31. The van der Waals surface area contributed by atoms with Gasteiger partial charge in [-0.2, -0.15) is 0 Å². The number of rotatable bonds is 2. The Labute approximate surface area is 148 Å². The molecule has 5 rings (SSSR count). The Bertz CT molecular complexity index is 1080. The normalized spacial score (nSPS) is 15.8. The van der Waals surface area contributed by atoms with Crippen molar-refractivity contribution in [1.82, 2.24) is 15.0 Å². The fraction of sp³-hybridized carbons (Fsp3) is 0.136. The first-order valence-electron chi connectivity index (χ1n) is 8.65. The lowest BCUT2D eigenvalue weighted by atomic mass is 9.95. The number of allylic oxidation sites excluding steroid dienone is 5. The first-order chi connectivity index (χ1) is 12.4. The van der Waals surface area contributed by atoms with E-state index in [1.165, 1.54) is 27.8 Å². The maximum absolute atomic E-state index is 4.72. The lowest BCUT2D eigenvalue weighted by Crippen LogP contribution is -1.95. The molecule has 25 heavy (non-hydrogen) atoms. The fourth-order valence-electron chi connectivity index (χ4n) is 3.61. The number of nitrogens with zero attached hydrogens (tertiary/aromatic N) is 3. The molecule has 2 aromatic heterocycles. The van der Waals surface area contributed by atoms with Gasteiger partial charge >= 0.3 is 0 Å². The van der Waals surface area contributed by atoms with Crippen LogP contribution in [0.3, 0.4) is 0 Å². The summed E-state index contributed by atoms with van der Waals surface area (Å²) in [7, 11) is 0. The van der Waals surface area contributed by atoms with Gasteiger partial charge in [0.25, 0.3) is 0 Å². The van der Waals surface area contributed by atoms with Crippen molar-refractivity contribution in [3.05, 3.63) is 89.7 Å². The van der Waals surface area contributed by atoms with Gasteiger partial charge in [0.05, 0.1) is 11.2 Å². The second kappa shape index (κ2) is 5.78. The monoisotopic (exact) mass is 325 g/mol. The topological polar surface area (TPSA) is 38.7 Å². The molecule has 3 nitrogen and oxygen atoms in total.